The van der Waals surface area contributed by atoms with Crippen LogP contribution in [0, 0.1) is 11.8 Å². The van der Waals surface area contributed by atoms with E-state index in [2.05, 4.69) is 0 Å². The van der Waals surface area contributed by atoms with Crippen molar-refractivity contribution in [2.45, 2.75) is 79.5 Å². The predicted molar refractivity (Wildman–Crippen MR) is 145 cm³/mol. The van der Waals surface area contributed by atoms with E-state index in [1.807, 2.05) is 13.8 Å². The number of amides is 1. The predicted octanol–water partition coefficient (Wildman–Crippen LogP) is 6.89. The van der Waals surface area contributed by atoms with Crippen LogP contribution in [0.3, 0.4) is 0 Å². The number of rotatable bonds is 7. The highest BCUT2D eigenvalue weighted by atomic mass is 32.2. The number of sulfone groups is 1. The quantitative estimate of drug-likeness (QED) is 0.330. The van der Waals surface area contributed by atoms with E-state index >= 15 is 0 Å². The largest absolute Gasteiger partial charge is 0.481 e. The van der Waals surface area contributed by atoms with Crippen molar-refractivity contribution in [2.24, 2.45) is 11.8 Å². The molecular formula is C30H32F7NO5S. The Morgan fingerprint density at radius 3 is 1.93 bits per heavy atom. The summed E-state index contributed by atoms with van der Waals surface area (Å²) in [4.78, 5) is 26.0. The van der Waals surface area contributed by atoms with Crippen molar-refractivity contribution in [3.63, 3.8) is 0 Å². The van der Waals surface area contributed by atoms with Crippen molar-refractivity contribution < 1.29 is 53.8 Å². The lowest BCUT2D eigenvalue weighted by molar-refractivity contribution is -0.348. The summed E-state index contributed by atoms with van der Waals surface area (Å²) in [6.45, 7) is 3.14. The van der Waals surface area contributed by atoms with E-state index in [0.29, 0.717) is 5.56 Å². The lowest BCUT2D eigenvalue weighted by Crippen LogP contribution is -2.50. The normalized spacial score (nSPS) is 23.6. The number of nitrogens with zero attached hydrogens (tertiary/aromatic N) is 1. The Morgan fingerprint density at radius 1 is 0.886 bits per heavy atom. The van der Waals surface area contributed by atoms with Gasteiger partial charge in [0, 0.05) is 24.6 Å². The third-order valence-electron chi connectivity index (χ3n) is 8.91. The molecule has 1 N–H and O–H groups in total. The van der Waals surface area contributed by atoms with Gasteiger partial charge in [-0.15, -0.1) is 0 Å². The van der Waals surface area contributed by atoms with Crippen LogP contribution in [-0.2, 0) is 29.8 Å². The lowest BCUT2D eigenvalue weighted by atomic mass is 9.81. The number of hydrogen-bond donors (Lipinski definition) is 1. The molecule has 1 saturated carbocycles. The smallest absolute Gasteiger partial charge is 0.435 e. The van der Waals surface area contributed by atoms with Gasteiger partial charge in [0.1, 0.15) is 4.75 Å². The van der Waals surface area contributed by atoms with Gasteiger partial charge in [-0.25, -0.2) is 12.8 Å². The summed E-state index contributed by atoms with van der Waals surface area (Å²) in [7, 11) is -4.44. The van der Waals surface area contributed by atoms with E-state index in [1.54, 1.807) is 6.07 Å². The Labute approximate surface area is 250 Å². The van der Waals surface area contributed by atoms with Crippen LogP contribution < -0.4 is 0 Å². The maximum atomic E-state index is 14.8. The van der Waals surface area contributed by atoms with E-state index < -0.39 is 68.4 Å². The first kappa shape index (κ1) is 33.7. The van der Waals surface area contributed by atoms with Crippen molar-refractivity contribution in [3.05, 3.63) is 65.2 Å². The van der Waals surface area contributed by atoms with Gasteiger partial charge in [-0.05, 0) is 61.3 Å². The molecule has 1 amide bonds. The van der Waals surface area contributed by atoms with Gasteiger partial charge in [0.15, 0.2) is 9.84 Å². The molecule has 14 heteroatoms. The second-order valence-corrected chi connectivity index (χ2v) is 14.1. The summed E-state index contributed by atoms with van der Waals surface area (Å²) in [6.07, 6.45) is -11.9. The number of carbonyl (C=O) groups is 2. The Bertz CT molecular complexity index is 1480. The molecule has 1 aliphatic heterocycles. The average Bonchev–Trinajstić information content (AvgIpc) is 3.43. The van der Waals surface area contributed by atoms with E-state index in [4.69, 9.17) is 0 Å². The molecule has 2 fully saturated rings. The van der Waals surface area contributed by atoms with Gasteiger partial charge < -0.3 is 10.0 Å². The number of carbonyl (C=O) groups excluding carboxylic acids is 1. The molecule has 1 unspecified atom stereocenters. The second-order valence-electron chi connectivity index (χ2n) is 11.9. The minimum atomic E-state index is -6.34. The monoisotopic (exact) mass is 651 g/mol. The minimum Gasteiger partial charge on any atom is -0.481 e. The Kier molecular flexibility index (Phi) is 8.93. The molecule has 4 rings (SSSR count). The molecule has 6 nitrogen and oxygen atoms in total. The minimum absolute atomic E-state index is 0.0784. The Hall–Kier alpha value is -3.16. The SMILES string of the molecule is CC(C)c1cccc(S(=O)(=O)C2(c3ccc(C(F)(C(F)(F)F)C(F)(F)F)cc3)CCN(C(=O)[C@H]3CC[C@H](C(=O)O)CC3)C2)c1. The van der Waals surface area contributed by atoms with Crippen molar-refractivity contribution in [2.75, 3.05) is 13.1 Å². The summed E-state index contributed by atoms with van der Waals surface area (Å²) >= 11 is 0. The van der Waals surface area contributed by atoms with Crippen LogP contribution in [0.15, 0.2) is 53.4 Å². The summed E-state index contributed by atoms with van der Waals surface area (Å²) in [5.41, 5.74) is -6.97. The van der Waals surface area contributed by atoms with Gasteiger partial charge >= 0.3 is 24.0 Å². The first-order valence-corrected chi connectivity index (χ1v) is 15.5. The highest BCUT2D eigenvalue weighted by Crippen LogP contribution is 2.54. The summed E-state index contributed by atoms with van der Waals surface area (Å²) in [5, 5.41) is 9.27. The van der Waals surface area contributed by atoms with Crippen LogP contribution in [0.1, 0.15) is 68.6 Å². The number of halogens is 7. The molecule has 1 heterocycles. The molecule has 242 valence electrons. The molecule has 0 radical (unpaired) electrons. The van der Waals surface area contributed by atoms with E-state index in [-0.39, 0.29) is 67.2 Å². The van der Waals surface area contributed by atoms with Crippen molar-refractivity contribution >= 4 is 21.7 Å². The second kappa shape index (κ2) is 11.6. The van der Waals surface area contributed by atoms with E-state index in [9.17, 15) is 53.8 Å². The third-order valence-corrected chi connectivity index (χ3v) is 11.4. The number of benzene rings is 2. The fourth-order valence-electron chi connectivity index (χ4n) is 6.18. The summed E-state index contributed by atoms with van der Waals surface area (Å²) in [6, 6.07) is 8.06. The molecule has 2 aromatic carbocycles. The van der Waals surface area contributed by atoms with Crippen LogP contribution in [0.25, 0.3) is 0 Å². The van der Waals surface area contributed by atoms with E-state index in [1.165, 1.54) is 23.1 Å². The van der Waals surface area contributed by atoms with Gasteiger partial charge in [0.05, 0.1) is 10.8 Å². The lowest BCUT2D eigenvalue weighted by Gasteiger charge is -2.33. The van der Waals surface area contributed by atoms with Gasteiger partial charge in [-0.2, -0.15) is 26.3 Å². The molecule has 0 aromatic heterocycles. The molecule has 0 bridgehead atoms. The standard InChI is InChI=1S/C30H32F7NO5S/c1-18(2)21-4-3-5-24(16-21)44(42,43)27(14-15-38(17-27)25(39)19-6-8-20(9-7-19)26(40)41)22-10-12-23(13-11-22)28(31,29(32,33)34)30(35,36)37/h3-5,10-13,16,18-20H,6-9,14-15,17H2,1-2H3,(H,40,41)/t19-,20-,27?. The van der Waals surface area contributed by atoms with E-state index in [0.717, 1.165) is 12.1 Å². The number of alkyl halides is 7. The van der Waals surface area contributed by atoms with Crippen molar-refractivity contribution in [1.29, 1.82) is 0 Å². The molecule has 2 aliphatic rings. The Balaban J connectivity index is 1.78. The zero-order chi connectivity index (χ0) is 32.9. The number of aliphatic carboxylic acids is 1. The maximum Gasteiger partial charge on any atom is 0.435 e. The van der Waals surface area contributed by atoms with Crippen LogP contribution in [0.5, 0.6) is 0 Å². The molecule has 1 atom stereocenters. The highest BCUT2D eigenvalue weighted by Gasteiger charge is 2.73. The van der Waals surface area contributed by atoms with Gasteiger partial charge in [-0.1, -0.05) is 50.2 Å². The van der Waals surface area contributed by atoms with Crippen LogP contribution in [-0.4, -0.2) is 55.7 Å². The van der Waals surface area contributed by atoms with Crippen molar-refractivity contribution in [1.82, 2.24) is 4.90 Å². The van der Waals surface area contributed by atoms with Crippen LogP contribution >= 0.6 is 0 Å². The molecule has 1 saturated heterocycles. The van der Waals surface area contributed by atoms with Crippen LogP contribution in [0.2, 0.25) is 0 Å². The molecular weight excluding hydrogens is 619 g/mol. The fourth-order valence-corrected chi connectivity index (χ4v) is 8.32. The zero-order valence-corrected chi connectivity index (χ0v) is 24.7. The fraction of sp³-hybridized carbons (Fsp3) is 0.533. The highest BCUT2D eigenvalue weighted by molar-refractivity contribution is 7.92. The number of carboxylic acids is 1. The first-order chi connectivity index (χ1) is 20.3. The number of carboxylic acid groups (broad SMARTS) is 1. The van der Waals surface area contributed by atoms with Gasteiger partial charge in [-0.3, -0.25) is 9.59 Å². The zero-order valence-electron chi connectivity index (χ0n) is 23.9. The van der Waals surface area contributed by atoms with Gasteiger partial charge in [0.25, 0.3) is 0 Å². The first-order valence-electron chi connectivity index (χ1n) is 14.1. The van der Waals surface area contributed by atoms with Crippen LogP contribution in [0.4, 0.5) is 30.7 Å². The molecule has 2 aromatic rings. The molecule has 44 heavy (non-hydrogen) atoms. The topological polar surface area (TPSA) is 91.8 Å². The van der Waals surface area contributed by atoms with Gasteiger partial charge in [0.2, 0.25) is 5.91 Å². The van der Waals surface area contributed by atoms with Crippen molar-refractivity contribution in [3.8, 4) is 0 Å². The third kappa shape index (κ3) is 5.69. The summed E-state index contributed by atoms with van der Waals surface area (Å²) < 4.78 is 122. The summed E-state index contributed by atoms with van der Waals surface area (Å²) in [5.74, 6) is -2.62. The molecule has 0 spiro atoms. The number of likely N-dealkylation sites (tertiary alicyclic amines) is 1. The Morgan fingerprint density at radius 2 is 1.43 bits per heavy atom. The molecule has 1 aliphatic carbocycles. The average molecular weight is 652 g/mol. The maximum absolute atomic E-state index is 14.8. The number of hydrogen-bond acceptors (Lipinski definition) is 4.